The van der Waals surface area contributed by atoms with Crippen LogP contribution in [0.25, 0.3) is 0 Å². The maximum absolute atomic E-state index is 11.6. The van der Waals surface area contributed by atoms with E-state index >= 15 is 0 Å². The van der Waals surface area contributed by atoms with Crippen molar-refractivity contribution in [2.45, 2.75) is 12.6 Å². The molecule has 1 rings (SSSR count). The zero-order valence-electron chi connectivity index (χ0n) is 9.29. The van der Waals surface area contributed by atoms with Gasteiger partial charge in [0.1, 0.15) is 0 Å². The van der Waals surface area contributed by atoms with Crippen molar-refractivity contribution in [1.29, 1.82) is 0 Å². The molecule has 2 amide bonds. The summed E-state index contributed by atoms with van der Waals surface area (Å²) in [5, 5.41) is 23.5. The normalized spacial score (nSPS) is 11.9. The Morgan fingerprint density at radius 3 is 2.76 bits per heavy atom. The number of rotatable bonds is 5. The molecule has 1 heterocycles. The molecule has 3 N–H and O–H groups in total. The summed E-state index contributed by atoms with van der Waals surface area (Å²) < 4.78 is 0. The molecule has 0 spiro atoms. The molecule has 0 unspecified atom stereocenters. The van der Waals surface area contributed by atoms with Crippen LogP contribution in [0.3, 0.4) is 0 Å². The van der Waals surface area contributed by atoms with E-state index in [0.29, 0.717) is 6.54 Å². The molecule has 0 bridgehead atoms. The van der Waals surface area contributed by atoms with Crippen LogP contribution in [0.15, 0.2) is 16.8 Å². The third-order valence-electron chi connectivity index (χ3n) is 2.12. The number of aliphatic hydroxyl groups excluding tert-OH is 1. The molecule has 0 aromatic carbocycles. The number of carbonyl (C=O) groups excluding carboxylic acids is 1. The maximum atomic E-state index is 11.6. The number of aliphatic hydroxyl groups is 1. The van der Waals surface area contributed by atoms with Crippen LogP contribution >= 0.6 is 11.3 Å². The second-order valence-electron chi connectivity index (χ2n) is 3.51. The lowest BCUT2D eigenvalue weighted by molar-refractivity contribution is -0.140. The Kier molecular flexibility index (Phi) is 4.92. The summed E-state index contributed by atoms with van der Waals surface area (Å²) in [5.41, 5.74) is 0.975. The van der Waals surface area contributed by atoms with Crippen LogP contribution in [-0.2, 0) is 11.3 Å². The van der Waals surface area contributed by atoms with Crippen molar-refractivity contribution in [1.82, 2.24) is 10.2 Å². The fraction of sp³-hybridized carbons (Fsp3) is 0.400. The number of aliphatic carboxylic acids is 1. The molecule has 6 nitrogen and oxygen atoms in total. The molecule has 17 heavy (non-hydrogen) atoms. The highest BCUT2D eigenvalue weighted by molar-refractivity contribution is 7.07. The van der Waals surface area contributed by atoms with E-state index in [4.69, 9.17) is 10.2 Å². The topological polar surface area (TPSA) is 89.9 Å². The zero-order chi connectivity index (χ0) is 12.8. The van der Waals surface area contributed by atoms with Crippen molar-refractivity contribution in [2.75, 3.05) is 13.7 Å². The highest BCUT2D eigenvalue weighted by Gasteiger charge is 2.20. The van der Waals surface area contributed by atoms with Crippen molar-refractivity contribution in [2.24, 2.45) is 0 Å². The van der Waals surface area contributed by atoms with E-state index in [-0.39, 0.29) is 0 Å². The standard InChI is InChI=1S/C10H14N2O4S/c1-12(4-7-2-3-17-6-7)10(16)11-8(5-13)9(14)15/h2-3,6,8,13H,4-5H2,1H3,(H,11,16)(H,14,15)/t8-/m1/s1. The summed E-state index contributed by atoms with van der Waals surface area (Å²) in [7, 11) is 1.56. The van der Waals surface area contributed by atoms with E-state index in [0.717, 1.165) is 5.56 Å². The van der Waals surface area contributed by atoms with Gasteiger partial charge >= 0.3 is 12.0 Å². The Morgan fingerprint density at radius 2 is 2.29 bits per heavy atom. The van der Waals surface area contributed by atoms with Gasteiger partial charge in [0, 0.05) is 13.6 Å². The Hall–Kier alpha value is -1.60. The van der Waals surface area contributed by atoms with Crippen molar-refractivity contribution < 1.29 is 19.8 Å². The fourth-order valence-electron chi connectivity index (χ4n) is 1.17. The summed E-state index contributed by atoms with van der Waals surface area (Å²) >= 11 is 1.52. The Balaban J connectivity index is 2.49. The number of carboxylic acid groups (broad SMARTS) is 1. The highest BCUT2D eigenvalue weighted by atomic mass is 32.1. The summed E-state index contributed by atoms with van der Waals surface area (Å²) in [5.74, 6) is -1.26. The molecule has 0 fully saturated rings. The predicted octanol–water partition coefficient (Wildman–Crippen LogP) is 0.335. The molecule has 1 aromatic heterocycles. The zero-order valence-corrected chi connectivity index (χ0v) is 10.1. The number of nitrogens with zero attached hydrogens (tertiary/aromatic N) is 1. The predicted molar refractivity (Wildman–Crippen MR) is 62.8 cm³/mol. The van der Waals surface area contributed by atoms with Gasteiger partial charge in [-0.15, -0.1) is 0 Å². The third-order valence-corrected chi connectivity index (χ3v) is 2.86. The first-order chi connectivity index (χ1) is 8.04. The first-order valence-corrected chi connectivity index (χ1v) is 5.85. The van der Waals surface area contributed by atoms with Crippen molar-refractivity contribution >= 4 is 23.3 Å². The van der Waals surface area contributed by atoms with Gasteiger partial charge in [0.15, 0.2) is 6.04 Å². The molecular weight excluding hydrogens is 244 g/mol. The molecule has 0 aliphatic carbocycles. The number of hydrogen-bond donors (Lipinski definition) is 3. The van der Waals surface area contributed by atoms with Crippen LogP contribution in [0.2, 0.25) is 0 Å². The largest absolute Gasteiger partial charge is 0.480 e. The van der Waals surface area contributed by atoms with Crippen molar-refractivity contribution in [3.8, 4) is 0 Å². The van der Waals surface area contributed by atoms with Gasteiger partial charge in [-0.2, -0.15) is 11.3 Å². The smallest absolute Gasteiger partial charge is 0.328 e. The molecule has 0 saturated carbocycles. The van der Waals surface area contributed by atoms with Gasteiger partial charge in [0.2, 0.25) is 0 Å². The average molecular weight is 258 g/mol. The van der Waals surface area contributed by atoms with Crippen molar-refractivity contribution in [3.05, 3.63) is 22.4 Å². The van der Waals surface area contributed by atoms with Crippen LogP contribution in [-0.4, -0.2) is 46.8 Å². The number of thiophene rings is 1. The number of urea groups is 1. The van der Waals surface area contributed by atoms with Gasteiger partial charge in [-0.3, -0.25) is 0 Å². The molecule has 0 aliphatic heterocycles. The Morgan fingerprint density at radius 1 is 1.59 bits per heavy atom. The molecule has 7 heteroatoms. The second kappa shape index (κ2) is 6.21. The third kappa shape index (κ3) is 4.04. The van der Waals surface area contributed by atoms with Crippen LogP contribution in [0.5, 0.6) is 0 Å². The first kappa shape index (κ1) is 13.5. The number of nitrogens with one attached hydrogen (secondary N) is 1. The van der Waals surface area contributed by atoms with Crippen LogP contribution < -0.4 is 5.32 Å². The van der Waals surface area contributed by atoms with Gasteiger partial charge in [0.05, 0.1) is 6.61 Å². The van der Waals surface area contributed by atoms with Gasteiger partial charge in [0.25, 0.3) is 0 Å². The number of hydrogen-bond acceptors (Lipinski definition) is 4. The molecule has 0 aliphatic rings. The summed E-state index contributed by atoms with van der Waals surface area (Å²) in [6.45, 7) is -0.236. The molecular formula is C10H14N2O4S. The maximum Gasteiger partial charge on any atom is 0.328 e. The fourth-order valence-corrected chi connectivity index (χ4v) is 1.83. The lowest BCUT2D eigenvalue weighted by Gasteiger charge is -2.19. The molecule has 0 saturated heterocycles. The van der Waals surface area contributed by atoms with E-state index in [2.05, 4.69) is 5.32 Å². The lowest BCUT2D eigenvalue weighted by Crippen LogP contribution is -2.48. The van der Waals surface area contributed by atoms with Gasteiger partial charge in [-0.05, 0) is 22.4 Å². The SMILES string of the molecule is CN(Cc1ccsc1)C(=O)N[C@H](CO)C(=O)O. The van der Waals surface area contributed by atoms with E-state index in [1.165, 1.54) is 16.2 Å². The van der Waals surface area contributed by atoms with E-state index in [1.807, 2.05) is 16.8 Å². The van der Waals surface area contributed by atoms with Crippen LogP contribution in [0, 0.1) is 0 Å². The van der Waals surface area contributed by atoms with E-state index < -0.39 is 24.6 Å². The minimum Gasteiger partial charge on any atom is -0.480 e. The first-order valence-electron chi connectivity index (χ1n) is 4.91. The average Bonchev–Trinajstić information content (AvgIpc) is 2.77. The van der Waals surface area contributed by atoms with Gasteiger partial charge in [-0.1, -0.05) is 0 Å². The number of carboxylic acids is 1. The van der Waals surface area contributed by atoms with Crippen LogP contribution in [0.4, 0.5) is 4.79 Å². The summed E-state index contributed by atoms with van der Waals surface area (Å²) in [6.07, 6.45) is 0. The lowest BCUT2D eigenvalue weighted by atomic mass is 10.3. The second-order valence-corrected chi connectivity index (χ2v) is 4.29. The van der Waals surface area contributed by atoms with Gasteiger partial charge < -0.3 is 20.4 Å². The van der Waals surface area contributed by atoms with E-state index in [9.17, 15) is 9.59 Å². The Labute approximate surface area is 102 Å². The minimum atomic E-state index is -1.27. The summed E-state index contributed by atoms with van der Waals surface area (Å²) in [4.78, 5) is 23.6. The molecule has 1 aromatic rings. The number of carbonyl (C=O) groups is 2. The number of amides is 2. The molecule has 0 radical (unpaired) electrons. The minimum absolute atomic E-state index is 0.396. The van der Waals surface area contributed by atoms with Crippen molar-refractivity contribution in [3.63, 3.8) is 0 Å². The Bertz CT molecular complexity index is 380. The quantitative estimate of drug-likeness (QED) is 0.710. The van der Waals surface area contributed by atoms with E-state index in [1.54, 1.807) is 7.05 Å². The molecule has 1 atom stereocenters. The molecule has 94 valence electrons. The van der Waals surface area contributed by atoms with Gasteiger partial charge in [-0.25, -0.2) is 9.59 Å². The van der Waals surface area contributed by atoms with Crippen LogP contribution in [0.1, 0.15) is 5.56 Å². The summed E-state index contributed by atoms with van der Waals surface area (Å²) in [6, 6.07) is 0.0832. The highest BCUT2D eigenvalue weighted by Crippen LogP contribution is 2.08. The monoisotopic (exact) mass is 258 g/mol.